The number of hydrogen-bond donors (Lipinski definition) is 3. The maximum Gasteiger partial charge on any atom is 0.313 e. The van der Waals surface area contributed by atoms with Crippen LogP contribution < -0.4 is 20.7 Å². The largest absolute Gasteiger partial charge is 0.494 e. The van der Waals surface area contributed by atoms with Crippen LogP contribution in [0.2, 0.25) is 0 Å². The lowest BCUT2D eigenvalue weighted by atomic mass is 10.3. The Hall–Kier alpha value is -2.15. The van der Waals surface area contributed by atoms with E-state index in [0.29, 0.717) is 19.0 Å². The Bertz CT molecular complexity index is 521. The van der Waals surface area contributed by atoms with Crippen LogP contribution in [0.3, 0.4) is 0 Å². The van der Waals surface area contributed by atoms with Crippen molar-refractivity contribution in [2.75, 3.05) is 25.5 Å². The zero-order chi connectivity index (χ0) is 16.5. The van der Waals surface area contributed by atoms with E-state index in [1.165, 1.54) is 19.2 Å². The van der Waals surface area contributed by atoms with Crippen molar-refractivity contribution >= 4 is 17.5 Å². The van der Waals surface area contributed by atoms with E-state index >= 15 is 0 Å². The molecule has 7 heteroatoms. The third-order valence-corrected chi connectivity index (χ3v) is 2.81. The number of halogens is 1. The molecule has 0 spiro atoms. The second-order valence-electron chi connectivity index (χ2n) is 5.02. The molecule has 0 aliphatic rings. The van der Waals surface area contributed by atoms with Gasteiger partial charge in [-0.3, -0.25) is 9.59 Å². The maximum atomic E-state index is 13.5. The summed E-state index contributed by atoms with van der Waals surface area (Å²) in [6, 6.07) is 4.31. The van der Waals surface area contributed by atoms with Crippen LogP contribution in [0.1, 0.15) is 20.3 Å². The minimum absolute atomic E-state index is 0.0695. The Morgan fingerprint density at radius 3 is 2.55 bits per heavy atom. The van der Waals surface area contributed by atoms with Crippen molar-refractivity contribution in [2.24, 2.45) is 0 Å². The molecule has 0 saturated carbocycles. The highest BCUT2D eigenvalue weighted by atomic mass is 19.1. The summed E-state index contributed by atoms with van der Waals surface area (Å²) in [6.07, 6.45) is 0.717. The van der Waals surface area contributed by atoms with Crippen LogP contribution in [0.15, 0.2) is 18.2 Å². The lowest BCUT2D eigenvalue weighted by molar-refractivity contribution is -0.136. The maximum absolute atomic E-state index is 13.5. The summed E-state index contributed by atoms with van der Waals surface area (Å²) in [5, 5.41) is 8.03. The fourth-order valence-corrected chi connectivity index (χ4v) is 1.69. The van der Waals surface area contributed by atoms with Crippen LogP contribution in [-0.2, 0) is 9.59 Å². The van der Waals surface area contributed by atoms with Gasteiger partial charge >= 0.3 is 11.8 Å². The second kappa shape index (κ2) is 8.99. The molecule has 6 nitrogen and oxygen atoms in total. The molecule has 0 aliphatic carbocycles. The number of hydrogen-bond acceptors (Lipinski definition) is 4. The molecule has 0 aliphatic heterocycles. The molecule has 22 heavy (non-hydrogen) atoms. The van der Waals surface area contributed by atoms with E-state index in [1.54, 1.807) is 0 Å². The third-order valence-electron chi connectivity index (χ3n) is 2.81. The number of anilines is 1. The van der Waals surface area contributed by atoms with E-state index in [9.17, 15) is 14.0 Å². The smallest absolute Gasteiger partial charge is 0.313 e. The van der Waals surface area contributed by atoms with Crippen LogP contribution >= 0.6 is 0 Å². The Balaban J connectivity index is 2.38. The highest BCUT2D eigenvalue weighted by molar-refractivity contribution is 6.39. The van der Waals surface area contributed by atoms with Crippen LogP contribution in [0.25, 0.3) is 0 Å². The van der Waals surface area contributed by atoms with Crippen LogP contribution in [-0.4, -0.2) is 38.1 Å². The highest BCUT2D eigenvalue weighted by Crippen LogP contribution is 2.20. The van der Waals surface area contributed by atoms with Crippen molar-refractivity contribution in [1.29, 1.82) is 0 Å². The molecule has 1 aromatic rings. The summed E-state index contributed by atoms with van der Waals surface area (Å²) in [7, 11) is 1.35. The van der Waals surface area contributed by atoms with E-state index in [0.717, 1.165) is 12.6 Å². The molecule has 3 N–H and O–H groups in total. The summed E-state index contributed by atoms with van der Waals surface area (Å²) in [4.78, 5) is 23.2. The molecule has 0 unspecified atom stereocenters. The summed E-state index contributed by atoms with van der Waals surface area (Å²) in [6.45, 7) is 5.20. The van der Waals surface area contributed by atoms with Gasteiger partial charge in [0, 0.05) is 24.3 Å². The van der Waals surface area contributed by atoms with Crippen LogP contribution in [0.4, 0.5) is 10.1 Å². The molecule has 0 aromatic heterocycles. The van der Waals surface area contributed by atoms with Gasteiger partial charge in [0.1, 0.15) is 0 Å². The molecule has 0 heterocycles. The van der Waals surface area contributed by atoms with Crippen molar-refractivity contribution in [3.05, 3.63) is 24.0 Å². The van der Waals surface area contributed by atoms with E-state index in [2.05, 4.69) is 16.0 Å². The fraction of sp³-hybridized carbons (Fsp3) is 0.467. The fourth-order valence-electron chi connectivity index (χ4n) is 1.69. The number of methoxy groups -OCH3 is 1. The average Bonchev–Trinajstić information content (AvgIpc) is 2.46. The molecule has 1 aromatic carbocycles. The average molecular weight is 311 g/mol. The number of benzene rings is 1. The van der Waals surface area contributed by atoms with Gasteiger partial charge in [-0.2, -0.15) is 0 Å². The zero-order valence-electron chi connectivity index (χ0n) is 13.0. The van der Waals surface area contributed by atoms with Crippen molar-refractivity contribution < 1.29 is 18.7 Å². The van der Waals surface area contributed by atoms with Crippen molar-refractivity contribution in [3.8, 4) is 5.75 Å². The molecule has 122 valence electrons. The van der Waals surface area contributed by atoms with Crippen molar-refractivity contribution in [2.45, 2.75) is 26.3 Å². The molecular formula is C15H22FN3O3. The molecule has 0 bridgehead atoms. The monoisotopic (exact) mass is 311 g/mol. The van der Waals surface area contributed by atoms with Gasteiger partial charge in [-0.25, -0.2) is 4.39 Å². The normalized spacial score (nSPS) is 10.4. The van der Waals surface area contributed by atoms with Crippen molar-refractivity contribution in [3.63, 3.8) is 0 Å². The second-order valence-corrected chi connectivity index (χ2v) is 5.02. The first-order valence-electron chi connectivity index (χ1n) is 7.10. The quantitative estimate of drug-likeness (QED) is 0.523. The topological polar surface area (TPSA) is 79.5 Å². The number of ether oxygens (including phenoxy) is 1. The summed E-state index contributed by atoms with van der Waals surface area (Å²) in [5.74, 6) is -2.12. The first kappa shape index (κ1) is 17.9. The van der Waals surface area contributed by atoms with Crippen LogP contribution in [0.5, 0.6) is 5.75 Å². The van der Waals surface area contributed by atoms with Gasteiger partial charge < -0.3 is 20.7 Å². The van der Waals surface area contributed by atoms with Gasteiger partial charge in [0.15, 0.2) is 11.6 Å². The molecule has 0 fully saturated rings. The van der Waals surface area contributed by atoms with Gasteiger partial charge in [-0.1, -0.05) is 13.8 Å². The number of carbonyl (C=O) groups is 2. The molecule has 0 saturated heterocycles. The summed E-state index contributed by atoms with van der Waals surface area (Å²) < 4.78 is 18.2. The van der Waals surface area contributed by atoms with Gasteiger partial charge in [-0.05, 0) is 25.1 Å². The van der Waals surface area contributed by atoms with Crippen molar-refractivity contribution in [1.82, 2.24) is 10.6 Å². The van der Waals surface area contributed by atoms with E-state index in [-0.39, 0.29) is 11.4 Å². The molecule has 2 amide bonds. The lowest BCUT2D eigenvalue weighted by Gasteiger charge is -2.09. The Morgan fingerprint density at radius 1 is 1.23 bits per heavy atom. The van der Waals surface area contributed by atoms with Gasteiger partial charge in [0.2, 0.25) is 0 Å². The number of rotatable bonds is 7. The first-order chi connectivity index (χ1) is 10.4. The van der Waals surface area contributed by atoms with E-state index in [4.69, 9.17) is 4.74 Å². The number of carbonyl (C=O) groups excluding carboxylic acids is 2. The number of nitrogens with one attached hydrogen (secondary N) is 3. The van der Waals surface area contributed by atoms with Gasteiger partial charge in [0.05, 0.1) is 7.11 Å². The third kappa shape index (κ3) is 6.09. The van der Waals surface area contributed by atoms with E-state index in [1.807, 2.05) is 13.8 Å². The lowest BCUT2D eigenvalue weighted by Crippen LogP contribution is -2.37. The Labute approximate surface area is 129 Å². The Morgan fingerprint density at radius 2 is 1.95 bits per heavy atom. The summed E-state index contributed by atoms with van der Waals surface area (Å²) >= 11 is 0. The molecule has 0 radical (unpaired) electrons. The SMILES string of the molecule is COc1ccc(NC(=O)C(=O)NCCCNC(C)C)cc1F. The van der Waals surface area contributed by atoms with Gasteiger partial charge in [-0.15, -0.1) is 0 Å². The van der Waals surface area contributed by atoms with E-state index < -0.39 is 17.6 Å². The predicted molar refractivity (Wildman–Crippen MR) is 82.3 cm³/mol. The summed E-state index contributed by atoms with van der Waals surface area (Å²) in [5.41, 5.74) is 0.194. The number of amides is 2. The Kier molecular flexibility index (Phi) is 7.31. The highest BCUT2D eigenvalue weighted by Gasteiger charge is 2.14. The predicted octanol–water partition coefficient (Wildman–Crippen LogP) is 1.28. The molecule has 1 rings (SSSR count). The molecular weight excluding hydrogens is 289 g/mol. The minimum atomic E-state index is -0.832. The van der Waals surface area contributed by atoms with Gasteiger partial charge in [0.25, 0.3) is 0 Å². The minimum Gasteiger partial charge on any atom is -0.494 e. The first-order valence-corrected chi connectivity index (χ1v) is 7.10. The standard InChI is InChI=1S/C15H22FN3O3/c1-10(2)17-7-4-8-18-14(20)15(21)19-11-5-6-13(22-3)12(16)9-11/h5-6,9-10,17H,4,7-8H2,1-3H3,(H,18,20)(H,19,21). The zero-order valence-corrected chi connectivity index (χ0v) is 13.0. The molecule has 0 atom stereocenters. The van der Waals surface area contributed by atoms with Crippen LogP contribution in [0, 0.1) is 5.82 Å².